The molecule has 1 aromatic heterocycles. The van der Waals surface area contributed by atoms with E-state index in [-0.39, 0.29) is 11.9 Å². The molecular weight excluding hydrogens is 317 g/mol. The molecule has 0 spiro atoms. The van der Waals surface area contributed by atoms with Gasteiger partial charge in [-0.1, -0.05) is 0 Å². The number of nitrogens with two attached hydrogens (primary N) is 1. The van der Waals surface area contributed by atoms with Crippen molar-refractivity contribution in [2.75, 3.05) is 0 Å². The third kappa shape index (κ3) is 2.98. The minimum Gasteiger partial charge on any atom is -0.356 e. The second-order valence-electron chi connectivity index (χ2n) is 4.32. The second-order valence-corrected chi connectivity index (χ2v) is 5.56. The minimum atomic E-state index is -0.0108. The van der Waals surface area contributed by atoms with Crippen molar-refractivity contribution in [1.29, 1.82) is 0 Å². The summed E-state index contributed by atoms with van der Waals surface area (Å²) in [6, 6.07) is 2.46. The topological polar surface area (TPSA) is 70.9 Å². The summed E-state index contributed by atoms with van der Waals surface area (Å²) < 4.78 is 1.05. The van der Waals surface area contributed by atoms with E-state index in [2.05, 4.69) is 32.9 Å². The van der Waals surface area contributed by atoms with Crippen LogP contribution in [0.15, 0.2) is 12.3 Å². The Morgan fingerprint density at radius 3 is 2.69 bits per heavy atom. The van der Waals surface area contributed by atoms with E-state index >= 15 is 0 Å². The molecule has 1 aliphatic rings. The summed E-state index contributed by atoms with van der Waals surface area (Å²) in [6.45, 7) is 0. The standard InChI is InChI=1S/C11H16IN3O/c12-7-5-10(14-6-7)11(16)15-9-3-1-8(13)2-4-9/h5-6,8-9,14H,1-4,13H2,(H,15,16). The van der Waals surface area contributed by atoms with Crippen LogP contribution in [0.2, 0.25) is 0 Å². The van der Waals surface area contributed by atoms with Gasteiger partial charge in [0, 0.05) is 21.9 Å². The normalized spacial score (nSPS) is 25.4. The van der Waals surface area contributed by atoms with Crippen LogP contribution in [-0.4, -0.2) is 23.0 Å². The van der Waals surface area contributed by atoms with E-state index in [1.807, 2.05) is 12.3 Å². The van der Waals surface area contributed by atoms with Gasteiger partial charge >= 0.3 is 0 Å². The zero-order valence-electron chi connectivity index (χ0n) is 9.00. The third-order valence-corrected chi connectivity index (χ3v) is 3.62. The van der Waals surface area contributed by atoms with E-state index in [1.54, 1.807) is 0 Å². The number of carbonyl (C=O) groups is 1. The van der Waals surface area contributed by atoms with Crippen LogP contribution in [0.1, 0.15) is 36.2 Å². The van der Waals surface area contributed by atoms with Gasteiger partial charge in [-0.2, -0.15) is 0 Å². The Labute approximate surface area is 109 Å². The van der Waals surface area contributed by atoms with Gasteiger partial charge in [-0.05, 0) is 54.3 Å². The lowest BCUT2D eigenvalue weighted by atomic mass is 9.92. The van der Waals surface area contributed by atoms with Gasteiger partial charge in [0.25, 0.3) is 5.91 Å². The number of nitrogens with one attached hydrogen (secondary N) is 2. The number of hydrogen-bond acceptors (Lipinski definition) is 2. The van der Waals surface area contributed by atoms with Crippen LogP contribution in [0, 0.1) is 3.57 Å². The molecule has 16 heavy (non-hydrogen) atoms. The molecule has 0 unspecified atom stereocenters. The van der Waals surface area contributed by atoms with Crippen molar-refractivity contribution in [3.63, 3.8) is 0 Å². The largest absolute Gasteiger partial charge is 0.356 e. The highest BCUT2D eigenvalue weighted by Crippen LogP contribution is 2.17. The van der Waals surface area contributed by atoms with Crippen LogP contribution < -0.4 is 11.1 Å². The summed E-state index contributed by atoms with van der Waals surface area (Å²) in [5, 5.41) is 3.04. The van der Waals surface area contributed by atoms with E-state index in [0.717, 1.165) is 29.3 Å². The van der Waals surface area contributed by atoms with Gasteiger partial charge in [-0.15, -0.1) is 0 Å². The quantitative estimate of drug-likeness (QED) is 0.720. The number of H-pyrrole nitrogens is 1. The number of carbonyl (C=O) groups excluding carboxylic acids is 1. The van der Waals surface area contributed by atoms with E-state index in [9.17, 15) is 4.79 Å². The highest BCUT2D eigenvalue weighted by molar-refractivity contribution is 14.1. The molecule has 0 radical (unpaired) electrons. The molecule has 4 N–H and O–H groups in total. The molecular formula is C11H16IN3O. The number of aromatic nitrogens is 1. The van der Waals surface area contributed by atoms with Gasteiger partial charge in [0.15, 0.2) is 0 Å². The molecule has 1 amide bonds. The van der Waals surface area contributed by atoms with E-state index in [0.29, 0.717) is 11.7 Å². The van der Waals surface area contributed by atoms with Gasteiger partial charge < -0.3 is 16.0 Å². The van der Waals surface area contributed by atoms with Crippen LogP contribution in [0.5, 0.6) is 0 Å². The molecule has 1 aliphatic carbocycles. The zero-order chi connectivity index (χ0) is 11.5. The summed E-state index contributed by atoms with van der Waals surface area (Å²) in [6.07, 6.45) is 5.82. The number of rotatable bonds is 2. The smallest absolute Gasteiger partial charge is 0.267 e. The summed E-state index contributed by atoms with van der Waals surface area (Å²) in [5.74, 6) is -0.0108. The highest BCUT2D eigenvalue weighted by Gasteiger charge is 2.20. The molecule has 88 valence electrons. The van der Waals surface area contributed by atoms with Gasteiger partial charge in [-0.25, -0.2) is 0 Å². The molecule has 0 bridgehead atoms. The fraction of sp³-hybridized carbons (Fsp3) is 0.545. The highest BCUT2D eigenvalue weighted by atomic mass is 127. The van der Waals surface area contributed by atoms with Crippen LogP contribution in [0.25, 0.3) is 0 Å². The Hall–Kier alpha value is -0.560. The Morgan fingerprint density at radius 1 is 1.44 bits per heavy atom. The molecule has 0 aliphatic heterocycles. The Morgan fingerprint density at radius 2 is 2.12 bits per heavy atom. The van der Waals surface area contributed by atoms with Gasteiger partial charge in [0.1, 0.15) is 5.69 Å². The molecule has 4 nitrogen and oxygen atoms in total. The van der Waals surface area contributed by atoms with E-state index < -0.39 is 0 Å². The summed E-state index contributed by atoms with van der Waals surface area (Å²) in [5.41, 5.74) is 6.46. The first-order chi connectivity index (χ1) is 7.65. The van der Waals surface area contributed by atoms with Crippen LogP contribution >= 0.6 is 22.6 Å². The third-order valence-electron chi connectivity index (χ3n) is 3.00. The summed E-state index contributed by atoms with van der Waals surface area (Å²) in [7, 11) is 0. The lowest BCUT2D eigenvalue weighted by Crippen LogP contribution is -2.40. The second kappa shape index (κ2) is 5.18. The first kappa shape index (κ1) is 11.9. The zero-order valence-corrected chi connectivity index (χ0v) is 11.2. The SMILES string of the molecule is NC1CCC(NC(=O)c2cc(I)c[nH]2)CC1. The minimum absolute atomic E-state index is 0.0108. The van der Waals surface area contributed by atoms with Crippen molar-refractivity contribution < 1.29 is 4.79 Å². The monoisotopic (exact) mass is 333 g/mol. The average Bonchev–Trinajstić information content (AvgIpc) is 2.68. The fourth-order valence-corrected chi connectivity index (χ4v) is 2.49. The Kier molecular flexibility index (Phi) is 3.86. The molecule has 0 atom stereocenters. The van der Waals surface area contributed by atoms with Crippen molar-refractivity contribution in [2.24, 2.45) is 5.73 Å². The molecule has 1 saturated carbocycles. The first-order valence-corrected chi connectivity index (χ1v) is 6.63. The maximum Gasteiger partial charge on any atom is 0.267 e. The molecule has 0 saturated heterocycles. The summed E-state index contributed by atoms with van der Waals surface area (Å²) >= 11 is 2.18. The molecule has 1 aromatic rings. The van der Waals surface area contributed by atoms with Crippen molar-refractivity contribution >= 4 is 28.5 Å². The maximum absolute atomic E-state index is 11.8. The number of hydrogen-bond donors (Lipinski definition) is 3. The van der Waals surface area contributed by atoms with Crippen molar-refractivity contribution in [3.05, 3.63) is 21.5 Å². The van der Waals surface area contributed by atoms with E-state index in [4.69, 9.17) is 5.73 Å². The van der Waals surface area contributed by atoms with Gasteiger partial charge in [-0.3, -0.25) is 4.79 Å². The van der Waals surface area contributed by atoms with Crippen LogP contribution in [-0.2, 0) is 0 Å². The maximum atomic E-state index is 11.8. The number of amides is 1. The molecule has 1 heterocycles. The van der Waals surface area contributed by atoms with Gasteiger partial charge in [0.05, 0.1) is 0 Å². The molecule has 5 heteroatoms. The van der Waals surface area contributed by atoms with Crippen LogP contribution in [0.3, 0.4) is 0 Å². The predicted octanol–water partition coefficient (Wildman–Crippen LogP) is 1.62. The van der Waals surface area contributed by atoms with Crippen molar-refractivity contribution in [1.82, 2.24) is 10.3 Å². The van der Waals surface area contributed by atoms with Crippen molar-refractivity contribution in [3.8, 4) is 0 Å². The molecule has 2 rings (SSSR count). The number of aromatic amines is 1. The average molecular weight is 333 g/mol. The Balaban J connectivity index is 1.88. The van der Waals surface area contributed by atoms with Crippen molar-refractivity contribution in [2.45, 2.75) is 37.8 Å². The fourth-order valence-electron chi connectivity index (χ4n) is 2.03. The van der Waals surface area contributed by atoms with Gasteiger partial charge in [0.2, 0.25) is 0 Å². The Bertz CT molecular complexity index is 369. The molecule has 1 fully saturated rings. The van der Waals surface area contributed by atoms with E-state index in [1.165, 1.54) is 0 Å². The number of halogens is 1. The van der Waals surface area contributed by atoms with Crippen LogP contribution in [0.4, 0.5) is 0 Å². The lowest BCUT2D eigenvalue weighted by Gasteiger charge is -2.26. The lowest BCUT2D eigenvalue weighted by molar-refractivity contribution is 0.0921. The first-order valence-electron chi connectivity index (χ1n) is 5.55. The summed E-state index contributed by atoms with van der Waals surface area (Å²) in [4.78, 5) is 14.8. The molecule has 0 aromatic carbocycles. The predicted molar refractivity (Wildman–Crippen MR) is 71.2 cm³/mol.